The van der Waals surface area contributed by atoms with Gasteiger partial charge in [-0.25, -0.2) is 9.97 Å². The third-order valence-electron chi connectivity index (χ3n) is 3.54. The van der Waals surface area contributed by atoms with Gasteiger partial charge in [0.05, 0.1) is 6.10 Å². The van der Waals surface area contributed by atoms with Gasteiger partial charge in [0.2, 0.25) is 0 Å². The Hall–Kier alpha value is -1.20. The molecular weight excluding hydrogens is 252 g/mol. The summed E-state index contributed by atoms with van der Waals surface area (Å²) >= 11 is 0. The first-order chi connectivity index (χ1) is 9.72. The van der Waals surface area contributed by atoms with Crippen molar-refractivity contribution in [3.63, 3.8) is 0 Å². The van der Waals surface area contributed by atoms with Gasteiger partial charge in [0.25, 0.3) is 0 Å². The second-order valence-electron chi connectivity index (χ2n) is 5.38. The van der Waals surface area contributed by atoms with Crippen LogP contribution in [0, 0.1) is 6.92 Å². The Morgan fingerprint density at radius 3 is 3.05 bits per heavy atom. The summed E-state index contributed by atoms with van der Waals surface area (Å²) in [5.74, 6) is 1.84. The van der Waals surface area contributed by atoms with Gasteiger partial charge in [-0.3, -0.25) is 0 Å². The Balaban J connectivity index is 2.05. The van der Waals surface area contributed by atoms with E-state index >= 15 is 0 Å². The molecule has 0 bridgehead atoms. The van der Waals surface area contributed by atoms with Crippen LogP contribution in [0.25, 0.3) is 0 Å². The number of nitrogens with two attached hydrogens (primary N) is 1. The highest BCUT2D eigenvalue weighted by molar-refractivity contribution is 5.40. The van der Waals surface area contributed by atoms with Crippen molar-refractivity contribution in [2.75, 3.05) is 31.1 Å². The van der Waals surface area contributed by atoms with Crippen LogP contribution in [0.3, 0.4) is 0 Å². The number of hydrogen-bond acceptors (Lipinski definition) is 5. The average molecular weight is 278 g/mol. The molecule has 0 aliphatic carbocycles. The molecule has 0 unspecified atom stereocenters. The minimum absolute atomic E-state index is 0.330. The maximum atomic E-state index is 5.89. The van der Waals surface area contributed by atoms with Gasteiger partial charge in [0, 0.05) is 37.9 Å². The molecule has 112 valence electrons. The van der Waals surface area contributed by atoms with Gasteiger partial charge in [0.1, 0.15) is 11.6 Å². The Labute approximate surface area is 121 Å². The Morgan fingerprint density at radius 1 is 1.45 bits per heavy atom. The molecule has 1 atom stereocenters. The van der Waals surface area contributed by atoms with E-state index in [1.807, 2.05) is 6.92 Å². The van der Waals surface area contributed by atoms with Crippen molar-refractivity contribution < 1.29 is 4.74 Å². The number of hydrogen-bond donors (Lipinski definition) is 1. The zero-order valence-corrected chi connectivity index (χ0v) is 12.6. The van der Waals surface area contributed by atoms with E-state index in [1.54, 1.807) is 0 Å². The highest BCUT2D eigenvalue weighted by Gasteiger charge is 2.21. The fraction of sp³-hybridized carbons (Fsp3) is 0.733. The zero-order chi connectivity index (χ0) is 14.4. The van der Waals surface area contributed by atoms with Gasteiger partial charge in [0.15, 0.2) is 0 Å². The lowest BCUT2D eigenvalue weighted by atomic mass is 10.1. The van der Waals surface area contributed by atoms with Crippen LogP contribution in [-0.2, 0) is 11.2 Å². The summed E-state index contributed by atoms with van der Waals surface area (Å²) in [6.45, 7) is 7.53. The first-order valence-electron chi connectivity index (χ1n) is 7.64. The van der Waals surface area contributed by atoms with Gasteiger partial charge in [-0.1, -0.05) is 6.92 Å². The minimum Gasteiger partial charge on any atom is -0.376 e. The SMILES string of the molecule is CCCO[C@H]1CCCN(c2cc(CCN)nc(C)n2)C1. The molecule has 0 radical (unpaired) electrons. The number of anilines is 1. The molecule has 0 saturated carbocycles. The molecule has 0 amide bonds. The van der Waals surface area contributed by atoms with Crippen molar-refractivity contribution >= 4 is 5.82 Å². The van der Waals surface area contributed by atoms with Crippen LogP contribution in [0.15, 0.2) is 6.07 Å². The van der Waals surface area contributed by atoms with Crippen molar-refractivity contribution in [1.29, 1.82) is 0 Å². The Morgan fingerprint density at radius 2 is 2.30 bits per heavy atom. The standard InChI is InChI=1S/C15H26N4O/c1-3-9-20-14-5-4-8-19(11-14)15-10-13(6-7-16)17-12(2)18-15/h10,14H,3-9,11,16H2,1-2H3/t14-/m0/s1. The summed E-state index contributed by atoms with van der Waals surface area (Å²) in [5, 5.41) is 0. The number of nitrogens with zero attached hydrogens (tertiary/aromatic N) is 3. The lowest BCUT2D eigenvalue weighted by Crippen LogP contribution is -2.40. The van der Waals surface area contributed by atoms with Crippen LogP contribution in [0.5, 0.6) is 0 Å². The monoisotopic (exact) mass is 278 g/mol. The van der Waals surface area contributed by atoms with Gasteiger partial charge >= 0.3 is 0 Å². The molecule has 1 aliphatic rings. The zero-order valence-electron chi connectivity index (χ0n) is 12.6. The molecule has 5 heteroatoms. The van der Waals surface area contributed by atoms with E-state index in [4.69, 9.17) is 10.5 Å². The second kappa shape index (κ2) is 7.55. The van der Waals surface area contributed by atoms with E-state index < -0.39 is 0 Å². The van der Waals surface area contributed by atoms with Crippen LogP contribution in [-0.4, -0.2) is 42.3 Å². The molecule has 0 spiro atoms. The van der Waals surface area contributed by atoms with Crippen molar-refractivity contribution in [2.45, 2.75) is 45.6 Å². The van der Waals surface area contributed by atoms with Crippen LogP contribution < -0.4 is 10.6 Å². The van der Waals surface area contributed by atoms with Gasteiger partial charge in [-0.05, 0) is 32.7 Å². The summed E-state index contributed by atoms with van der Waals surface area (Å²) in [6, 6.07) is 2.07. The van der Waals surface area contributed by atoms with E-state index in [2.05, 4.69) is 27.9 Å². The van der Waals surface area contributed by atoms with E-state index in [-0.39, 0.29) is 0 Å². The molecule has 1 saturated heterocycles. The summed E-state index contributed by atoms with van der Waals surface area (Å²) < 4.78 is 5.89. The van der Waals surface area contributed by atoms with Gasteiger partial charge in [-0.15, -0.1) is 0 Å². The Bertz CT molecular complexity index is 424. The highest BCUT2D eigenvalue weighted by atomic mass is 16.5. The lowest BCUT2D eigenvalue weighted by molar-refractivity contribution is 0.0439. The number of rotatable bonds is 6. The molecule has 1 aromatic rings. The van der Waals surface area contributed by atoms with Gasteiger partial charge < -0.3 is 15.4 Å². The van der Waals surface area contributed by atoms with Crippen molar-refractivity contribution in [3.8, 4) is 0 Å². The molecule has 1 fully saturated rings. The van der Waals surface area contributed by atoms with E-state index in [0.717, 1.165) is 62.7 Å². The minimum atomic E-state index is 0.330. The predicted molar refractivity (Wildman–Crippen MR) is 81.0 cm³/mol. The maximum absolute atomic E-state index is 5.89. The number of ether oxygens (including phenoxy) is 1. The molecule has 1 aromatic heterocycles. The second-order valence-corrected chi connectivity index (χ2v) is 5.38. The predicted octanol–water partition coefficient (Wildman–Crippen LogP) is 1.68. The Kier molecular flexibility index (Phi) is 5.73. The van der Waals surface area contributed by atoms with E-state index in [0.29, 0.717) is 12.6 Å². The van der Waals surface area contributed by atoms with E-state index in [9.17, 15) is 0 Å². The topological polar surface area (TPSA) is 64.3 Å². The normalized spacial score (nSPS) is 19.4. The molecule has 0 aromatic carbocycles. The lowest BCUT2D eigenvalue weighted by Gasteiger charge is -2.33. The smallest absolute Gasteiger partial charge is 0.132 e. The van der Waals surface area contributed by atoms with Crippen LogP contribution in [0.4, 0.5) is 5.82 Å². The first-order valence-corrected chi connectivity index (χ1v) is 7.64. The van der Waals surface area contributed by atoms with Crippen LogP contribution >= 0.6 is 0 Å². The quantitative estimate of drug-likeness (QED) is 0.857. The molecule has 2 rings (SSSR count). The van der Waals surface area contributed by atoms with Crippen molar-refractivity contribution in [2.24, 2.45) is 5.73 Å². The third kappa shape index (κ3) is 4.15. The summed E-state index contributed by atoms with van der Waals surface area (Å²) in [4.78, 5) is 11.3. The van der Waals surface area contributed by atoms with Crippen LogP contribution in [0.1, 0.15) is 37.7 Å². The molecular formula is C15H26N4O. The number of aryl methyl sites for hydroxylation is 1. The fourth-order valence-corrected chi connectivity index (χ4v) is 2.62. The highest BCUT2D eigenvalue weighted by Crippen LogP contribution is 2.20. The summed E-state index contributed by atoms with van der Waals surface area (Å²) in [5.41, 5.74) is 6.66. The van der Waals surface area contributed by atoms with Gasteiger partial charge in [-0.2, -0.15) is 0 Å². The molecule has 2 N–H and O–H groups in total. The molecule has 1 aliphatic heterocycles. The van der Waals surface area contributed by atoms with E-state index in [1.165, 1.54) is 0 Å². The van der Waals surface area contributed by atoms with Crippen LogP contribution in [0.2, 0.25) is 0 Å². The maximum Gasteiger partial charge on any atom is 0.132 e. The first kappa shape index (κ1) is 15.2. The number of aromatic nitrogens is 2. The summed E-state index contributed by atoms with van der Waals surface area (Å²) in [7, 11) is 0. The average Bonchev–Trinajstić information content (AvgIpc) is 2.45. The van der Waals surface area contributed by atoms with Crippen molar-refractivity contribution in [1.82, 2.24) is 9.97 Å². The third-order valence-corrected chi connectivity index (χ3v) is 3.54. The molecule has 2 heterocycles. The molecule has 5 nitrogen and oxygen atoms in total. The number of piperidine rings is 1. The fourth-order valence-electron chi connectivity index (χ4n) is 2.62. The molecule has 20 heavy (non-hydrogen) atoms. The summed E-state index contributed by atoms with van der Waals surface area (Å²) in [6.07, 6.45) is 4.51. The van der Waals surface area contributed by atoms with Crippen molar-refractivity contribution in [3.05, 3.63) is 17.6 Å². The largest absolute Gasteiger partial charge is 0.376 e.